The van der Waals surface area contributed by atoms with E-state index in [4.69, 9.17) is 27.8 Å². The summed E-state index contributed by atoms with van der Waals surface area (Å²) in [5.74, 6) is 2.70. The van der Waals surface area contributed by atoms with Crippen molar-refractivity contribution in [1.82, 2.24) is 15.1 Å². The predicted molar refractivity (Wildman–Crippen MR) is 120 cm³/mol. The molecule has 1 aromatic rings. The summed E-state index contributed by atoms with van der Waals surface area (Å²) in [6.07, 6.45) is 7.73. The van der Waals surface area contributed by atoms with Gasteiger partial charge < -0.3 is 14.5 Å². The zero-order valence-corrected chi connectivity index (χ0v) is 18.7. The van der Waals surface area contributed by atoms with Gasteiger partial charge in [-0.1, -0.05) is 29.7 Å². The zero-order chi connectivity index (χ0) is 21.9. The molecule has 2 aliphatic heterocycles. The van der Waals surface area contributed by atoms with Gasteiger partial charge in [0.05, 0.1) is 13.1 Å². The van der Waals surface area contributed by atoms with Crippen molar-refractivity contribution in [3.63, 3.8) is 0 Å². The molecule has 0 saturated carbocycles. The first kappa shape index (κ1) is 22.2. The molecule has 1 fully saturated rings. The van der Waals surface area contributed by atoms with Crippen molar-refractivity contribution in [3.8, 4) is 12.3 Å². The average Bonchev–Trinajstić information content (AvgIpc) is 2.67. The second kappa shape index (κ2) is 9.11. The Hall–Kier alpha value is -2.49. The number of halogens is 1. The lowest BCUT2D eigenvalue weighted by Crippen LogP contribution is -2.49. The lowest BCUT2D eigenvalue weighted by atomic mass is 10.0. The maximum Gasteiger partial charge on any atom is 0.410 e. The maximum atomic E-state index is 12.5. The van der Waals surface area contributed by atoms with Gasteiger partial charge in [-0.3, -0.25) is 5.32 Å². The van der Waals surface area contributed by atoms with Gasteiger partial charge in [-0.05, 0) is 45.4 Å². The summed E-state index contributed by atoms with van der Waals surface area (Å²) in [4.78, 5) is 21.1. The van der Waals surface area contributed by atoms with Gasteiger partial charge in [-0.2, -0.15) is 0 Å². The predicted octanol–water partition coefficient (Wildman–Crippen LogP) is 4.19. The minimum Gasteiger partial charge on any atom is -0.444 e. The summed E-state index contributed by atoms with van der Waals surface area (Å²) in [5, 5.41) is 4.25. The van der Waals surface area contributed by atoms with Crippen molar-refractivity contribution in [1.29, 1.82) is 0 Å². The number of nitrogens with zero attached hydrogens (tertiary/aromatic N) is 3. The fraction of sp³-hybridized carbons (Fsp3) is 0.478. The number of carbonyl (C=O) groups excluding carboxylic acids is 1. The summed E-state index contributed by atoms with van der Waals surface area (Å²) >= 11 is 6.00. The van der Waals surface area contributed by atoms with E-state index in [-0.39, 0.29) is 18.4 Å². The molecule has 1 saturated heterocycles. The number of nitrogens with one attached hydrogen (secondary N) is 1. The summed E-state index contributed by atoms with van der Waals surface area (Å²) in [7, 11) is 0. The summed E-state index contributed by atoms with van der Waals surface area (Å²) in [6.45, 7) is 9.16. The van der Waals surface area contributed by atoms with Crippen LogP contribution in [0.1, 0.15) is 45.7 Å². The van der Waals surface area contributed by atoms with Crippen molar-refractivity contribution in [2.45, 2.75) is 52.0 Å². The van der Waals surface area contributed by atoms with Gasteiger partial charge in [0.25, 0.3) is 0 Å². The molecule has 1 aromatic carbocycles. The van der Waals surface area contributed by atoms with Gasteiger partial charge in [-0.15, -0.1) is 6.42 Å². The summed E-state index contributed by atoms with van der Waals surface area (Å²) in [5.41, 5.74) is 2.60. The highest BCUT2D eigenvalue weighted by Crippen LogP contribution is 2.24. The fourth-order valence-electron chi connectivity index (χ4n) is 3.46. The minimum absolute atomic E-state index is 0.0636. The van der Waals surface area contributed by atoms with Gasteiger partial charge in [-0.25, -0.2) is 9.79 Å². The molecule has 2 aliphatic rings. The van der Waals surface area contributed by atoms with Crippen LogP contribution >= 0.6 is 11.6 Å². The van der Waals surface area contributed by atoms with Crippen LogP contribution in [-0.4, -0.2) is 53.1 Å². The molecule has 2 heterocycles. The Bertz CT molecular complexity index is 880. The van der Waals surface area contributed by atoms with Crippen LogP contribution in [0.3, 0.4) is 0 Å². The van der Waals surface area contributed by atoms with Crippen LogP contribution in [-0.2, 0) is 4.74 Å². The van der Waals surface area contributed by atoms with Crippen LogP contribution in [0.15, 0.2) is 41.0 Å². The Morgan fingerprint density at radius 1 is 1.40 bits per heavy atom. The molecular formula is C23H29ClN4O2. The van der Waals surface area contributed by atoms with Crippen molar-refractivity contribution >= 4 is 23.4 Å². The molecule has 7 heteroatoms. The van der Waals surface area contributed by atoms with Crippen LogP contribution < -0.4 is 5.32 Å². The topological polar surface area (TPSA) is 57.2 Å². The molecule has 0 aromatic heterocycles. The van der Waals surface area contributed by atoms with E-state index in [1.54, 1.807) is 4.90 Å². The molecule has 1 amide bonds. The normalized spacial score (nSPS) is 19.9. The average molecular weight is 429 g/mol. The molecule has 2 atom stereocenters. The minimum atomic E-state index is -0.519. The number of hydrogen-bond acceptors (Lipinski definition) is 5. The monoisotopic (exact) mass is 428 g/mol. The molecule has 30 heavy (non-hydrogen) atoms. The zero-order valence-electron chi connectivity index (χ0n) is 18.0. The number of carbonyl (C=O) groups is 1. The standard InChI is InChI=1S/C23H29ClN4O2/c1-6-12-27-14-18-15-28(22(29)30-23(3,4)5)13-11-20(18)26-21(27)25-16(2)17-7-9-19(24)10-8-17/h1,7-10,14,16,21,25H,11-13,15H2,2-5H3/t16?,21-/m1/s1. The number of rotatable bonds is 4. The molecule has 160 valence electrons. The first-order valence-electron chi connectivity index (χ1n) is 10.1. The summed E-state index contributed by atoms with van der Waals surface area (Å²) < 4.78 is 5.51. The van der Waals surface area contributed by atoms with Gasteiger partial charge in [0.1, 0.15) is 5.60 Å². The number of aliphatic imine (C=N–C) groups is 1. The Kier molecular flexibility index (Phi) is 6.74. The van der Waals surface area contributed by atoms with Crippen LogP contribution in [0, 0.1) is 12.3 Å². The van der Waals surface area contributed by atoms with E-state index in [1.807, 2.05) is 56.1 Å². The van der Waals surface area contributed by atoms with Gasteiger partial charge in [0.15, 0.2) is 6.29 Å². The molecule has 0 aliphatic carbocycles. The third-order valence-corrected chi connectivity index (χ3v) is 5.21. The Morgan fingerprint density at radius 2 is 2.10 bits per heavy atom. The molecule has 3 rings (SSSR count). The number of benzene rings is 1. The molecule has 0 spiro atoms. The van der Waals surface area contributed by atoms with Crippen molar-refractivity contribution in [2.24, 2.45) is 4.99 Å². The number of amides is 1. The number of ether oxygens (including phenoxy) is 1. The van der Waals surface area contributed by atoms with E-state index in [0.717, 1.165) is 16.8 Å². The lowest BCUT2D eigenvalue weighted by molar-refractivity contribution is 0.0265. The third-order valence-electron chi connectivity index (χ3n) is 4.96. The molecule has 0 bridgehead atoms. The number of hydrogen-bond donors (Lipinski definition) is 1. The quantitative estimate of drug-likeness (QED) is 0.730. The fourth-order valence-corrected chi connectivity index (χ4v) is 3.58. The number of likely N-dealkylation sites (tertiary alicyclic amines) is 1. The second-order valence-corrected chi connectivity index (χ2v) is 9.01. The first-order valence-corrected chi connectivity index (χ1v) is 10.5. The highest BCUT2D eigenvalue weighted by Gasteiger charge is 2.32. The van der Waals surface area contributed by atoms with Gasteiger partial charge in [0.2, 0.25) is 0 Å². The molecular weight excluding hydrogens is 400 g/mol. The van der Waals surface area contributed by atoms with E-state index >= 15 is 0 Å². The van der Waals surface area contributed by atoms with Crippen LogP contribution in [0.2, 0.25) is 5.02 Å². The second-order valence-electron chi connectivity index (χ2n) is 8.57. The SMILES string of the molecule is C#CCN1C=C2CN(C(=O)OC(C)(C)C)CCC2=N[C@H]1NC(C)c1ccc(Cl)cc1. The lowest BCUT2D eigenvalue weighted by Gasteiger charge is -2.38. The Morgan fingerprint density at radius 3 is 2.73 bits per heavy atom. The van der Waals surface area contributed by atoms with Crippen molar-refractivity contribution < 1.29 is 9.53 Å². The highest BCUT2D eigenvalue weighted by molar-refractivity contribution is 6.30. The largest absolute Gasteiger partial charge is 0.444 e. The Labute approximate surface area is 183 Å². The number of piperidine rings is 1. The van der Waals surface area contributed by atoms with Gasteiger partial charge >= 0.3 is 6.09 Å². The summed E-state index contributed by atoms with van der Waals surface area (Å²) in [6, 6.07) is 7.83. The van der Waals surface area contributed by atoms with E-state index in [1.165, 1.54) is 0 Å². The van der Waals surface area contributed by atoms with Crippen LogP contribution in [0.5, 0.6) is 0 Å². The Balaban J connectivity index is 1.72. The van der Waals surface area contributed by atoms with E-state index in [0.29, 0.717) is 31.1 Å². The number of terminal acetylenes is 1. The molecule has 1 N–H and O–H groups in total. The smallest absolute Gasteiger partial charge is 0.410 e. The van der Waals surface area contributed by atoms with Crippen LogP contribution in [0.4, 0.5) is 4.79 Å². The number of fused-ring (bicyclic) bond motifs is 1. The molecule has 6 nitrogen and oxygen atoms in total. The van der Waals surface area contributed by atoms with Crippen LogP contribution in [0.25, 0.3) is 0 Å². The van der Waals surface area contributed by atoms with E-state index in [9.17, 15) is 4.79 Å². The molecule has 0 radical (unpaired) electrons. The first-order chi connectivity index (χ1) is 14.2. The van der Waals surface area contributed by atoms with Crippen molar-refractivity contribution in [2.75, 3.05) is 19.6 Å². The maximum absolute atomic E-state index is 12.5. The van der Waals surface area contributed by atoms with E-state index in [2.05, 4.69) is 18.2 Å². The van der Waals surface area contributed by atoms with E-state index < -0.39 is 5.60 Å². The highest BCUT2D eigenvalue weighted by atomic mass is 35.5. The third kappa shape index (κ3) is 5.56. The van der Waals surface area contributed by atoms with Gasteiger partial charge in [0, 0.05) is 41.5 Å². The molecule has 1 unspecified atom stereocenters. The van der Waals surface area contributed by atoms with Crippen molar-refractivity contribution in [3.05, 3.63) is 46.6 Å².